The lowest BCUT2D eigenvalue weighted by molar-refractivity contribution is 0.0695. The van der Waals surface area contributed by atoms with E-state index in [0.29, 0.717) is 11.1 Å². The molecule has 1 amide bonds. The first-order valence-corrected chi connectivity index (χ1v) is 9.97. The van der Waals surface area contributed by atoms with Gasteiger partial charge in [0.25, 0.3) is 0 Å². The Morgan fingerprint density at radius 3 is 2.26 bits per heavy atom. The van der Waals surface area contributed by atoms with Gasteiger partial charge in [-0.3, -0.25) is 0 Å². The molecule has 0 saturated heterocycles. The summed E-state index contributed by atoms with van der Waals surface area (Å²) in [6, 6.07) is 21.4. The summed E-state index contributed by atoms with van der Waals surface area (Å²) in [6.45, 7) is 2.02. The molecule has 2 N–H and O–H groups in total. The van der Waals surface area contributed by atoms with E-state index in [9.17, 15) is 14.7 Å². The number of carboxylic acid groups (broad SMARTS) is 1. The molecule has 1 aliphatic carbocycles. The molecule has 0 aliphatic heterocycles. The second-order valence-electron chi connectivity index (χ2n) is 7.28. The van der Waals surface area contributed by atoms with Crippen molar-refractivity contribution in [3.63, 3.8) is 0 Å². The Morgan fingerprint density at radius 1 is 0.968 bits per heavy atom. The van der Waals surface area contributed by atoms with Gasteiger partial charge in [0.05, 0.1) is 12.1 Å². The summed E-state index contributed by atoms with van der Waals surface area (Å²) in [5.41, 5.74) is 5.88. The number of amides is 1. The summed E-state index contributed by atoms with van der Waals surface area (Å²) in [5.74, 6) is 4.58. The number of hydrogen-bond donors (Lipinski definition) is 2. The molecule has 0 spiro atoms. The van der Waals surface area contributed by atoms with Gasteiger partial charge in [-0.25, -0.2) is 9.59 Å². The number of alkyl carbamates (subject to hydrolysis) is 1. The standard InChI is InChI=1S/C26H21NO4/c1-17-8-6-9-18(24(17)25(28)29)10-7-15-27-26(30)31-16-23-21-13-4-2-11-19(21)20-12-3-5-14-22(20)23/h2-6,8-9,11-14,23H,15-16H2,1H3,(H,27,30)(H,28,29). The van der Waals surface area contributed by atoms with Gasteiger partial charge in [-0.1, -0.05) is 72.5 Å². The van der Waals surface area contributed by atoms with Crippen LogP contribution in [0.5, 0.6) is 0 Å². The van der Waals surface area contributed by atoms with E-state index >= 15 is 0 Å². The maximum Gasteiger partial charge on any atom is 0.407 e. The maximum atomic E-state index is 12.2. The Labute approximate surface area is 180 Å². The highest BCUT2D eigenvalue weighted by Gasteiger charge is 2.28. The van der Waals surface area contributed by atoms with Crippen molar-refractivity contribution in [2.24, 2.45) is 0 Å². The van der Waals surface area contributed by atoms with Crippen molar-refractivity contribution in [3.05, 3.63) is 94.5 Å². The lowest BCUT2D eigenvalue weighted by Crippen LogP contribution is -2.26. The van der Waals surface area contributed by atoms with Crippen LogP contribution in [0.25, 0.3) is 11.1 Å². The number of carbonyl (C=O) groups is 2. The van der Waals surface area contributed by atoms with E-state index in [0.717, 1.165) is 11.1 Å². The second-order valence-corrected chi connectivity index (χ2v) is 7.28. The van der Waals surface area contributed by atoms with Gasteiger partial charge in [0.2, 0.25) is 0 Å². The van der Waals surface area contributed by atoms with Crippen molar-refractivity contribution in [1.29, 1.82) is 0 Å². The molecule has 5 heteroatoms. The SMILES string of the molecule is Cc1cccc(C#CCNC(=O)OCC2c3ccccc3-c3ccccc32)c1C(=O)O. The highest BCUT2D eigenvalue weighted by Crippen LogP contribution is 2.44. The molecule has 5 nitrogen and oxygen atoms in total. The second kappa shape index (κ2) is 8.76. The van der Waals surface area contributed by atoms with Gasteiger partial charge in [-0.2, -0.15) is 0 Å². The molecule has 4 rings (SSSR count). The number of hydrogen-bond acceptors (Lipinski definition) is 3. The molecule has 0 saturated carbocycles. The number of carbonyl (C=O) groups excluding carboxylic acids is 1. The number of nitrogens with one attached hydrogen (secondary N) is 1. The quantitative estimate of drug-likeness (QED) is 0.616. The summed E-state index contributed by atoms with van der Waals surface area (Å²) in [7, 11) is 0. The predicted molar refractivity (Wildman–Crippen MR) is 118 cm³/mol. The number of aromatic carboxylic acids is 1. The number of carboxylic acids is 1. The van der Waals surface area contributed by atoms with E-state index in [1.165, 1.54) is 11.1 Å². The van der Waals surface area contributed by atoms with Crippen molar-refractivity contribution in [3.8, 4) is 23.0 Å². The van der Waals surface area contributed by atoms with Gasteiger partial charge in [-0.05, 0) is 40.8 Å². The molecule has 0 heterocycles. The van der Waals surface area contributed by atoms with Crippen LogP contribution in [-0.2, 0) is 4.74 Å². The van der Waals surface area contributed by atoms with Gasteiger partial charge in [0.1, 0.15) is 6.61 Å². The molecule has 3 aromatic rings. The molecule has 0 fully saturated rings. The van der Waals surface area contributed by atoms with Crippen LogP contribution in [0.15, 0.2) is 66.7 Å². The van der Waals surface area contributed by atoms with Crippen LogP contribution in [0.4, 0.5) is 4.79 Å². The van der Waals surface area contributed by atoms with Crippen molar-refractivity contribution < 1.29 is 19.4 Å². The van der Waals surface area contributed by atoms with Gasteiger partial charge in [0, 0.05) is 11.5 Å². The lowest BCUT2D eigenvalue weighted by atomic mass is 9.98. The zero-order valence-electron chi connectivity index (χ0n) is 17.0. The number of aryl methyl sites for hydroxylation is 1. The third kappa shape index (κ3) is 4.15. The van der Waals surface area contributed by atoms with Crippen LogP contribution in [0.2, 0.25) is 0 Å². The summed E-state index contributed by atoms with van der Waals surface area (Å²) in [5, 5.41) is 12.0. The third-order valence-electron chi connectivity index (χ3n) is 5.37. The minimum Gasteiger partial charge on any atom is -0.478 e. The molecule has 3 aromatic carbocycles. The van der Waals surface area contributed by atoms with Crippen LogP contribution in [0.3, 0.4) is 0 Å². The molecular formula is C26H21NO4. The number of rotatable bonds is 4. The lowest BCUT2D eigenvalue weighted by Gasteiger charge is -2.14. The van der Waals surface area contributed by atoms with Crippen molar-refractivity contribution in [1.82, 2.24) is 5.32 Å². The summed E-state index contributed by atoms with van der Waals surface area (Å²) < 4.78 is 5.46. The van der Waals surface area contributed by atoms with E-state index in [-0.39, 0.29) is 24.6 Å². The molecule has 31 heavy (non-hydrogen) atoms. The highest BCUT2D eigenvalue weighted by atomic mass is 16.5. The Hall–Kier alpha value is -4.04. The Balaban J connectivity index is 1.37. The number of benzene rings is 3. The maximum absolute atomic E-state index is 12.2. The van der Waals surface area contributed by atoms with Crippen LogP contribution >= 0.6 is 0 Å². The normalized spacial score (nSPS) is 11.6. The van der Waals surface area contributed by atoms with Crippen LogP contribution in [-0.4, -0.2) is 30.3 Å². The van der Waals surface area contributed by atoms with E-state index in [1.807, 2.05) is 24.3 Å². The monoisotopic (exact) mass is 411 g/mol. The molecule has 0 aromatic heterocycles. The highest BCUT2D eigenvalue weighted by molar-refractivity contribution is 5.92. The van der Waals surface area contributed by atoms with Crippen LogP contribution in [0.1, 0.15) is 38.5 Å². The first kappa shape index (κ1) is 20.2. The topological polar surface area (TPSA) is 75.6 Å². The molecule has 154 valence electrons. The molecule has 1 aliphatic rings. The fourth-order valence-electron chi connectivity index (χ4n) is 3.96. The molecule has 0 atom stereocenters. The summed E-state index contributed by atoms with van der Waals surface area (Å²) in [4.78, 5) is 23.6. The largest absolute Gasteiger partial charge is 0.478 e. The average molecular weight is 411 g/mol. The van der Waals surface area contributed by atoms with Gasteiger partial charge in [-0.15, -0.1) is 0 Å². The fourth-order valence-corrected chi connectivity index (χ4v) is 3.96. The average Bonchev–Trinajstić information content (AvgIpc) is 3.09. The fraction of sp³-hybridized carbons (Fsp3) is 0.154. The van der Waals surface area contributed by atoms with Crippen LogP contribution < -0.4 is 5.32 Å². The van der Waals surface area contributed by atoms with Crippen molar-refractivity contribution in [2.75, 3.05) is 13.2 Å². The van der Waals surface area contributed by atoms with Gasteiger partial charge < -0.3 is 15.2 Å². The smallest absolute Gasteiger partial charge is 0.407 e. The van der Waals surface area contributed by atoms with Gasteiger partial charge in [0.15, 0.2) is 0 Å². The predicted octanol–water partition coefficient (Wildman–Crippen LogP) is 4.58. The van der Waals surface area contributed by atoms with E-state index in [1.54, 1.807) is 25.1 Å². The molecular weight excluding hydrogens is 390 g/mol. The van der Waals surface area contributed by atoms with Crippen LogP contribution in [0, 0.1) is 18.8 Å². The van der Waals surface area contributed by atoms with E-state index in [2.05, 4.69) is 41.4 Å². The Kier molecular flexibility index (Phi) is 5.72. The van der Waals surface area contributed by atoms with Crippen molar-refractivity contribution >= 4 is 12.1 Å². The summed E-state index contributed by atoms with van der Waals surface area (Å²) >= 11 is 0. The third-order valence-corrected chi connectivity index (χ3v) is 5.37. The molecule has 0 unspecified atom stereocenters. The van der Waals surface area contributed by atoms with E-state index in [4.69, 9.17) is 4.74 Å². The first-order chi connectivity index (χ1) is 15.1. The molecule has 0 radical (unpaired) electrons. The minimum atomic E-state index is -1.02. The first-order valence-electron chi connectivity index (χ1n) is 9.97. The van der Waals surface area contributed by atoms with Crippen molar-refractivity contribution in [2.45, 2.75) is 12.8 Å². The molecule has 0 bridgehead atoms. The summed E-state index contributed by atoms with van der Waals surface area (Å²) in [6.07, 6.45) is -0.557. The number of fused-ring (bicyclic) bond motifs is 3. The van der Waals surface area contributed by atoms with E-state index < -0.39 is 12.1 Å². The zero-order valence-corrected chi connectivity index (χ0v) is 17.0. The Bertz CT molecular complexity index is 1170. The number of ether oxygens (including phenoxy) is 1. The zero-order chi connectivity index (χ0) is 21.8. The Morgan fingerprint density at radius 2 is 1.61 bits per heavy atom. The van der Waals surface area contributed by atoms with Gasteiger partial charge >= 0.3 is 12.1 Å². The minimum absolute atomic E-state index is 0.00495.